The number of hydrogen-bond acceptors (Lipinski definition) is 3. The van der Waals surface area contributed by atoms with Crippen LogP contribution < -0.4 is 0 Å². The molecule has 0 spiro atoms. The summed E-state index contributed by atoms with van der Waals surface area (Å²) in [6, 6.07) is 7.96. The number of carbonyl (C=O) groups excluding carboxylic acids is 1. The van der Waals surface area contributed by atoms with Gasteiger partial charge < -0.3 is 9.47 Å². The van der Waals surface area contributed by atoms with Gasteiger partial charge in [-0.1, -0.05) is 0 Å². The Morgan fingerprint density at radius 1 is 1.32 bits per heavy atom. The van der Waals surface area contributed by atoms with Crippen molar-refractivity contribution in [1.29, 1.82) is 0 Å². The third kappa shape index (κ3) is 2.92. The number of benzene rings is 1. The van der Waals surface area contributed by atoms with E-state index in [2.05, 4.69) is 10.1 Å². The van der Waals surface area contributed by atoms with Gasteiger partial charge >= 0.3 is 0 Å². The highest BCUT2D eigenvalue weighted by atomic mass is 16.2. The van der Waals surface area contributed by atoms with Crippen LogP contribution in [0.1, 0.15) is 35.4 Å². The molecule has 130 valence electrons. The van der Waals surface area contributed by atoms with Gasteiger partial charge in [-0.25, -0.2) is 4.98 Å². The second kappa shape index (κ2) is 6.35. The smallest absolute Gasteiger partial charge is 0.254 e. The second-order valence-corrected chi connectivity index (χ2v) is 6.80. The van der Waals surface area contributed by atoms with Gasteiger partial charge in [0.1, 0.15) is 5.82 Å². The molecule has 0 radical (unpaired) electrons. The van der Waals surface area contributed by atoms with E-state index < -0.39 is 0 Å². The molecule has 6 heteroatoms. The molecule has 0 aliphatic carbocycles. The zero-order valence-corrected chi connectivity index (χ0v) is 14.7. The van der Waals surface area contributed by atoms with Crippen molar-refractivity contribution in [3.63, 3.8) is 0 Å². The Morgan fingerprint density at radius 3 is 3.00 bits per heavy atom. The average molecular weight is 337 g/mol. The van der Waals surface area contributed by atoms with Gasteiger partial charge in [0, 0.05) is 31.5 Å². The van der Waals surface area contributed by atoms with E-state index in [4.69, 9.17) is 0 Å². The Morgan fingerprint density at radius 2 is 2.20 bits per heavy atom. The highest BCUT2D eigenvalue weighted by molar-refractivity contribution is 5.97. The van der Waals surface area contributed by atoms with E-state index in [1.807, 2.05) is 58.6 Å². The summed E-state index contributed by atoms with van der Waals surface area (Å²) in [5.41, 5.74) is 2.66. The number of piperidine rings is 1. The molecule has 1 aliphatic heterocycles. The molecular formula is C19H23N5O. The van der Waals surface area contributed by atoms with Crippen LogP contribution in [0.4, 0.5) is 0 Å². The second-order valence-electron chi connectivity index (χ2n) is 6.80. The molecule has 1 aromatic carbocycles. The summed E-state index contributed by atoms with van der Waals surface area (Å²) in [6.45, 7) is 3.54. The monoisotopic (exact) mass is 337 g/mol. The number of hydrogen-bond donors (Lipinski definition) is 0. The first-order chi connectivity index (χ1) is 12.1. The van der Waals surface area contributed by atoms with Crippen molar-refractivity contribution < 1.29 is 4.79 Å². The molecule has 4 rings (SSSR count). The van der Waals surface area contributed by atoms with E-state index in [0.29, 0.717) is 0 Å². The number of likely N-dealkylation sites (tertiary alicyclic amines) is 1. The van der Waals surface area contributed by atoms with Crippen LogP contribution in [0.5, 0.6) is 0 Å². The molecule has 1 atom stereocenters. The molecule has 6 nitrogen and oxygen atoms in total. The first-order valence-electron chi connectivity index (χ1n) is 8.85. The summed E-state index contributed by atoms with van der Waals surface area (Å²) in [7, 11) is 2.00. The average Bonchev–Trinajstić information content (AvgIpc) is 3.23. The van der Waals surface area contributed by atoms with Gasteiger partial charge in [0.05, 0.1) is 23.6 Å². The molecule has 3 aromatic rings. The number of aryl methyl sites for hydroxylation is 2. The van der Waals surface area contributed by atoms with Gasteiger partial charge in [-0.2, -0.15) is 5.10 Å². The minimum absolute atomic E-state index is 0.0991. The summed E-state index contributed by atoms with van der Waals surface area (Å²) in [5.74, 6) is 1.05. The van der Waals surface area contributed by atoms with E-state index in [1.165, 1.54) is 0 Å². The Bertz CT molecular complexity index is 896. The number of amides is 1. The molecule has 1 fully saturated rings. The lowest BCUT2D eigenvalue weighted by Gasteiger charge is -2.35. The van der Waals surface area contributed by atoms with E-state index in [1.54, 1.807) is 6.20 Å². The SMILES string of the molecule is Cc1nc2cc(C(=O)N3CCCCC3Cn3cccn3)ccc2n1C. The number of aromatic nitrogens is 4. The van der Waals surface area contributed by atoms with Crippen LogP contribution in [0.3, 0.4) is 0 Å². The third-order valence-corrected chi connectivity index (χ3v) is 5.20. The summed E-state index contributed by atoms with van der Waals surface area (Å²) < 4.78 is 3.96. The zero-order chi connectivity index (χ0) is 17.4. The quantitative estimate of drug-likeness (QED) is 0.738. The first kappa shape index (κ1) is 15.9. The van der Waals surface area contributed by atoms with E-state index in [0.717, 1.165) is 54.8 Å². The van der Waals surface area contributed by atoms with Crippen LogP contribution in [-0.4, -0.2) is 42.7 Å². The normalized spacial score (nSPS) is 18.0. The van der Waals surface area contributed by atoms with Crippen molar-refractivity contribution in [1.82, 2.24) is 24.2 Å². The van der Waals surface area contributed by atoms with Gasteiger partial charge in [-0.05, 0) is 50.5 Å². The molecule has 1 saturated heterocycles. The maximum absolute atomic E-state index is 13.1. The lowest BCUT2D eigenvalue weighted by atomic mass is 10.0. The Labute approximate surface area is 147 Å². The van der Waals surface area contributed by atoms with Crippen molar-refractivity contribution in [2.24, 2.45) is 7.05 Å². The van der Waals surface area contributed by atoms with Crippen molar-refractivity contribution in [3.05, 3.63) is 48.0 Å². The predicted octanol–water partition coefficient (Wildman–Crippen LogP) is 2.77. The van der Waals surface area contributed by atoms with Crippen LogP contribution in [0.15, 0.2) is 36.7 Å². The topological polar surface area (TPSA) is 56.0 Å². The number of carbonyl (C=O) groups is 1. The summed E-state index contributed by atoms with van der Waals surface area (Å²) >= 11 is 0. The van der Waals surface area contributed by atoms with Crippen LogP contribution in [0.25, 0.3) is 11.0 Å². The number of imidazole rings is 1. The first-order valence-corrected chi connectivity index (χ1v) is 8.85. The molecule has 2 aromatic heterocycles. The molecular weight excluding hydrogens is 314 g/mol. The van der Waals surface area contributed by atoms with Crippen LogP contribution in [0.2, 0.25) is 0 Å². The largest absolute Gasteiger partial charge is 0.334 e. The molecule has 0 bridgehead atoms. The molecule has 0 saturated carbocycles. The standard InChI is InChI=1S/C19H23N5O/c1-14-21-17-12-15(7-8-18(17)22(14)2)19(25)24-11-4-3-6-16(24)13-23-10-5-9-20-23/h5,7-10,12,16H,3-4,6,11,13H2,1-2H3. The van der Waals surface area contributed by atoms with Gasteiger partial charge in [-0.3, -0.25) is 9.48 Å². The Hall–Kier alpha value is -2.63. The van der Waals surface area contributed by atoms with Gasteiger partial charge in [0.15, 0.2) is 0 Å². The molecule has 1 aliphatic rings. The van der Waals surface area contributed by atoms with Crippen molar-refractivity contribution in [2.45, 2.75) is 38.8 Å². The number of rotatable bonds is 3. The molecule has 1 amide bonds. The van der Waals surface area contributed by atoms with Gasteiger partial charge in [0.2, 0.25) is 0 Å². The number of fused-ring (bicyclic) bond motifs is 1. The predicted molar refractivity (Wildman–Crippen MR) is 96.4 cm³/mol. The highest BCUT2D eigenvalue weighted by Crippen LogP contribution is 2.23. The Kier molecular flexibility index (Phi) is 4.03. The fraction of sp³-hybridized carbons (Fsp3) is 0.421. The number of nitrogens with zero attached hydrogens (tertiary/aromatic N) is 5. The van der Waals surface area contributed by atoms with Gasteiger partial charge in [0.25, 0.3) is 5.91 Å². The summed E-state index contributed by atoms with van der Waals surface area (Å²) in [6.07, 6.45) is 6.99. The maximum Gasteiger partial charge on any atom is 0.254 e. The van der Waals surface area contributed by atoms with E-state index >= 15 is 0 Å². The fourth-order valence-corrected chi connectivity index (χ4v) is 3.70. The maximum atomic E-state index is 13.1. The molecule has 3 heterocycles. The van der Waals surface area contributed by atoms with E-state index in [9.17, 15) is 4.79 Å². The highest BCUT2D eigenvalue weighted by Gasteiger charge is 2.28. The van der Waals surface area contributed by atoms with Crippen molar-refractivity contribution in [2.75, 3.05) is 6.54 Å². The van der Waals surface area contributed by atoms with Crippen LogP contribution in [-0.2, 0) is 13.6 Å². The molecule has 1 unspecified atom stereocenters. The van der Waals surface area contributed by atoms with Crippen molar-refractivity contribution in [3.8, 4) is 0 Å². The van der Waals surface area contributed by atoms with E-state index in [-0.39, 0.29) is 11.9 Å². The summed E-state index contributed by atoms with van der Waals surface area (Å²) in [5, 5.41) is 4.30. The molecule has 25 heavy (non-hydrogen) atoms. The minimum Gasteiger partial charge on any atom is -0.334 e. The van der Waals surface area contributed by atoms with Gasteiger partial charge in [-0.15, -0.1) is 0 Å². The zero-order valence-electron chi connectivity index (χ0n) is 14.7. The van der Waals surface area contributed by atoms with Crippen molar-refractivity contribution >= 4 is 16.9 Å². The minimum atomic E-state index is 0.0991. The van der Waals surface area contributed by atoms with Crippen LogP contribution in [0, 0.1) is 6.92 Å². The lowest BCUT2D eigenvalue weighted by molar-refractivity contribution is 0.0584. The Balaban J connectivity index is 1.61. The summed E-state index contributed by atoms with van der Waals surface area (Å²) in [4.78, 5) is 19.7. The fourth-order valence-electron chi connectivity index (χ4n) is 3.70. The van der Waals surface area contributed by atoms with Crippen LogP contribution >= 0.6 is 0 Å². The lowest BCUT2D eigenvalue weighted by Crippen LogP contribution is -2.45. The third-order valence-electron chi connectivity index (χ3n) is 5.20. The molecule has 0 N–H and O–H groups in total.